The minimum Gasteiger partial charge on any atom is -0.379 e. The largest absolute Gasteiger partial charge is 0.379 e. The van der Waals surface area contributed by atoms with Gasteiger partial charge >= 0.3 is 0 Å². The molecule has 0 aromatic carbocycles. The lowest BCUT2D eigenvalue weighted by atomic mass is 10.1. The Morgan fingerprint density at radius 1 is 1.44 bits per heavy atom. The highest BCUT2D eigenvalue weighted by atomic mass is 16.5. The Morgan fingerprint density at radius 3 is 2.33 bits per heavy atom. The number of hydrogen-bond donors (Lipinski definition) is 4. The summed E-state index contributed by atoms with van der Waals surface area (Å²) in [7, 11) is 0. The lowest BCUT2D eigenvalue weighted by Gasteiger charge is -2.08. The van der Waals surface area contributed by atoms with Gasteiger partial charge in [-0.2, -0.15) is 0 Å². The second-order valence-corrected chi connectivity index (χ2v) is 2.33. The Kier molecular flexibility index (Phi) is 2.02. The summed E-state index contributed by atoms with van der Waals surface area (Å²) >= 11 is 0. The zero-order valence-electron chi connectivity index (χ0n) is 4.99. The maximum Gasteiger partial charge on any atom is 0.155 e. The van der Waals surface area contributed by atoms with E-state index < -0.39 is 12.5 Å². The van der Waals surface area contributed by atoms with Gasteiger partial charge in [0.15, 0.2) is 6.29 Å². The topological polar surface area (TPSA) is 72.7 Å². The van der Waals surface area contributed by atoms with Crippen LogP contribution < -0.4 is 5.32 Å². The van der Waals surface area contributed by atoms with E-state index in [1.807, 2.05) is 0 Å². The van der Waals surface area contributed by atoms with Gasteiger partial charge < -0.3 is 15.3 Å². The maximum atomic E-state index is 8.82. The molecule has 0 aromatic rings. The molecule has 1 aliphatic heterocycles. The maximum absolute atomic E-state index is 8.82. The summed E-state index contributed by atoms with van der Waals surface area (Å²) in [4.78, 5) is 0. The average molecular weight is 133 g/mol. The first-order valence-corrected chi connectivity index (χ1v) is 2.97. The third-order valence-electron chi connectivity index (χ3n) is 1.56. The zero-order valence-corrected chi connectivity index (χ0v) is 4.99. The van der Waals surface area contributed by atoms with Gasteiger partial charge in [-0.25, -0.2) is 0 Å². The van der Waals surface area contributed by atoms with Crippen LogP contribution in [0, 0.1) is 5.92 Å². The normalized spacial score (nSPS) is 36.0. The second kappa shape index (κ2) is 2.62. The van der Waals surface area contributed by atoms with Gasteiger partial charge in [0.05, 0.1) is 0 Å². The molecule has 2 atom stereocenters. The first kappa shape index (κ1) is 6.95. The van der Waals surface area contributed by atoms with E-state index in [4.69, 9.17) is 15.3 Å². The molecule has 0 bridgehead atoms. The average Bonchev–Trinajstić information content (AvgIpc) is 2.14. The van der Waals surface area contributed by atoms with E-state index in [-0.39, 0.29) is 5.92 Å². The summed E-state index contributed by atoms with van der Waals surface area (Å²) in [6.45, 7) is 0.485. The van der Waals surface area contributed by atoms with Crippen molar-refractivity contribution < 1.29 is 15.3 Å². The molecule has 54 valence electrons. The first-order valence-electron chi connectivity index (χ1n) is 2.97. The van der Waals surface area contributed by atoms with Gasteiger partial charge in [-0.3, -0.25) is 5.32 Å². The van der Waals surface area contributed by atoms with Crippen LogP contribution >= 0.6 is 0 Å². The summed E-state index contributed by atoms with van der Waals surface area (Å²) in [5.74, 6) is -0.208. The van der Waals surface area contributed by atoms with Crippen LogP contribution in [0.3, 0.4) is 0 Å². The molecular weight excluding hydrogens is 122 g/mol. The first-order chi connectivity index (χ1) is 4.20. The van der Waals surface area contributed by atoms with Crippen LogP contribution in [-0.4, -0.2) is 34.4 Å². The number of hydrogen-bond acceptors (Lipinski definition) is 4. The van der Waals surface area contributed by atoms with Crippen LogP contribution in [0.5, 0.6) is 0 Å². The minimum atomic E-state index is -1.30. The lowest BCUT2D eigenvalue weighted by molar-refractivity contribution is -0.0804. The van der Waals surface area contributed by atoms with E-state index >= 15 is 0 Å². The molecule has 0 aromatic heterocycles. The highest BCUT2D eigenvalue weighted by molar-refractivity contribution is 4.75. The Hall–Kier alpha value is -0.160. The molecule has 1 saturated heterocycles. The van der Waals surface area contributed by atoms with Crippen molar-refractivity contribution >= 4 is 0 Å². The Balaban J connectivity index is 2.30. The third kappa shape index (κ3) is 1.62. The monoisotopic (exact) mass is 133 g/mol. The Morgan fingerprint density at radius 2 is 2.11 bits per heavy atom. The molecule has 0 amide bonds. The van der Waals surface area contributed by atoms with Crippen molar-refractivity contribution in [2.45, 2.75) is 18.9 Å². The summed E-state index contributed by atoms with van der Waals surface area (Å²) in [5, 5.41) is 28.7. The molecule has 0 unspecified atom stereocenters. The molecule has 1 fully saturated rings. The molecule has 4 nitrogen and oxygen atoms in total. The van der Waals surface area contributed by atoms with Gasteiger partial charge in [-0.1, -0.05) is 0 Å². The van der Waals surface area contributed by atoms with E-state index in [1.165, 1.54) is 0 Å². The smallest absolute Gasteiger partial charge is 0.155 e. The van der Waals surface area contributed by atoms with Gasteiger partial charge in [-0.05, 0) is 6.42 Å². The fraction of sp³-hybridized carbons (Fsp3) is 1.00. The molecule has 4 N–H and O–H groups in total. The number of aliphatic hydroxyl groups excluding tert-OH is 2. The fourth-order valence-electron chi connectivity index (χ4n) is 0.968. The molecular formula is C5H11NO3. The van der Waals surface area contributed by atoms with E-state index in [0.717, 1.165) is 0 Å². The summed E-state index contributed by atoms with van der Waals surface area (Å²) in [5.41, 5.74) is 0. The fourth-order valence-corrected chi connectivity index (χ4v) is 0.968. The van der Waals surface area contributed by atoms with Crippen LogP contribution in [-0.2, 0) is 0 Å². The molecule has 1 heterocycles. The van der Waals surface area contributed by atoms with Crippen LogP contribution in [0.2, 0.25) is 0 Å². The van der Waals surface area contributed by atoms with Crippen LogP contribution in [0.15, 0.2) is 0 Å². The van der Waals surface area contributed by atoms with E-state index in [1.54, 1.807) is 0 Å². The molecule has 9 heavy (non-hydrogen) atoms. The van der Waals surface area contributed by atoms with Crippen molar-refractivity contribution in [3.8, 4) is 0 Å². The van der Waals surface area contributed by atoms with Gasteiger partial charge in [0.2, 0.25) is 0 Å². The molecule has 0 saturated carbocycles. The molecule has 1 aliphatic rings. The van der Waals surface area contributed by atoms with Crippen LogP contribution in [0.25, 0.3) is 0 Å². The minimum absolute atomic E-state index is 0.208. The predicted molar refractivity (Wildman–Crippen MR) is 30.3 cm³/mol. The molecule has 1 rings (SSSR count). The van der Waals surface area contributed by atoms with Crippen molar-refractivity contribution in [2.24, 2.45) is 5.92 Å². The third-order valence-corrected chi connectivity index (χ3v) is 1.56. The second-order valence-electron chi connectivity index (χ2n) is 2.33. The van der Waals surface area contributed by atoms with Gasteiger partial charge in [-0.15, -0.1) is 0 Å². The van der Waals surface area contributed by atoms with Gasteiger partial charge in [0, 0.05) is 12.5 Å². The van der Waals surface area contributed by atoms with Gasteiger partial charge in [0.1, 0.15) is 6.23 Å². The Bertz CT molecular complexity index is 96.2. The number of nitrogens with one attached hydrogen (secondary N) is 1. The van der Waals surface area contributed by atoms with E-state index in [9.17, 15) is 0 Å². The Labute approximate surface area is 53.1 Å². The predicted octanol–water partition coefficient (Wildman–Crippen LogP) is -1.78. The SMILES string of the molecule is OC(O)[C@H]1CN[C@H](O)C1. The molecule has 4 heteroatoms. The summed E-state index contributed by atoms with van der Waals surface area (Å²) in [6.07, 6.45) is -1.43. The van der Waals surface area contributed by atoms with Crippen molar-refractivity contribution in [1.29, 1.82) is 0 Å². The standard InChI is InChI=1S/C5H11NO3/c7-4-1-3(2-6-4)5(8)9/h3-9H,1-2H2/t3-,4-/m1/s1. The van der Waals surface area contributed by atoms with Crippen molar-refractivity contribution in [1.82, 2.24) is 5.32 Å². The van der Waals surface area contributed by atoms with E-state index in [0.29, 0.717) is 13.0 Å². The number of aliphatic hydroxyl groups is 3. The highest BCUT2D eigenvalue weighted by Gasteiger charge is 2.26. The van der Waals surface area contributed by atoms with Crippen LogP contribution in [0.1, 0.15) is 6.42 Å². The van der Waals surface area contributed by atoms with Crippen LogP contribution in [0.4, 0.5) is 0 Å². The van der Waals surface area contributed by atoms with Gasteiger partial charge in [0.25, 0.3) is 0 Å². The lowest BCUT2D eigenvalue weighted by Crippen LogP contribution is -2.22. The summed E-state index contributed by atoms with van der Waals surface area (Å²) < 4.78 is 0. The van der Waals surface area contributed by atoms with Crippen molar-refractivity contribution in [3.05, 3.63) is 0 Å². The van der Waals surface area contributed by atoms with Crippen molar-refractivity contribution in [2.75, 3.05) is 6.54 Å². The van der Waals surface area contributed by atoms with E-state index in [2.05, 4.69) is 5.32 Å². The number of rotatable bonds is 1. The quantitative estimate of drug-likeness (QED) is 0.319. The summed E-state index contributed by atoms with van der Waals surface area (Å²) in [6, 6.07) is 0. The molecule has 0 radical (unpaired) electrons. The highest BCUT2D eigenvalue weighted by Crippen LogP contribution is 2.14. The molecule has 0 aliphatic carbocycles. The molecule has 0 spiro atoms. The zero-order chi connectivity index (χ0) is 6.85. The van der Waals surface area contributed by atoms with Crippen molar-refractivity contribution in [3.63, 3.8) is 0 Å².